The molecule has 8 nitrogen and oxygen atoms in total. The van der Waals surface area contributed by atoms with Crippen molar-refractivity contribution in [1.29, 1.82) is 0 Å². The highest BCUT2D eigenvalue weighted by Gasteiger charge is 2.18. The number of nitrogens with one attached hydrogen (secondary N) is 1. The molecular weight excluding hydrogens is 390 g/mol. The van der Waals surface area contributed by atoms with Gasteiger partial charge in [0.15, 0.2) is 0 Å². The van der Waals surface area contributed by atoms with Crippen molar-refractivity contribution in [2.24, 2.45) is 0 Å². The van der Waals surface area contributed by atoms with Gasteiger partial charge < -0.3 is 10.2 Å². The molecule has 3 aromatic rings. The van der Waals surface area contributed by atoms with Crippen LogP contribution in [0.3, 0.4) is 0 Å². The fourth-order valence-corrected chi connectivity index (χ4v) is 3.84. The zero-order chi connectivity index (χ0) is 21.8. The van der Waals surface area contributed by atoms with Gasteiger partial charge in [0, 0.05) is 44.3 Å². The number of aryl methyl sites for hydroxylation is 1. The predicted octanol–water partition coefficient (Wildman–Crippen LogP) is 2.00. The number of tetrazole rings is 1. The molecule has 8 heteroatoms. The molecular formula is C23H29N7O. The van der Waals surface area contributed by atoms with Crippen LogP contribution in [-0.4, -0.2) is 81.7 Å². The van der Waals surface area contributed by atoms with Gasteiger partial charge in [0.1, 0.15) is 6.33 Å². The van der Waals surface area contributed by atoms with E-state index in [1.165, 1.54) is 11.9 Å². The summed E-state index contributed by atoms with van der Waals surface area (Å²) in [6, 6.07) is 14.1. The summed E-state index contributed by atoms with van der Waals surface area (Å²) in [6.45, 7) is 9.15. The number of carbonyl (C=O) groups is 1. The van der Waals surface area contributed by atoms with Crippen molar-refractivity contribution in [1.82, 2.24) is 35.3 Å². The first-order valence-electron chi connectivity index (χ1n) is 10.7. The van der Waals surface area contributed by atoms with Crippen molar-refractivity contribution in [2.75, 3.05) is 39.8 Å². The fraction of sp³-hybridized carbons (Fsp3) is 0.391. The lowest BCUT2D eigenvalue weighted by Gasteiger charge is -2.34. The predicted molar refractivity (Wildman–Crippen MR) is 120 cm³/mol. The Morgan fingerprint density at radius 1 is 1.06 bits per heavy atom. The molecule has 31 heavy (non-hydrogen) atoms. The average Bonchev–Trinajstić information content (AvgIpc) is 3.30. The van der Waals surface area contributed by atoms with E-state index < -0.39 is 0 Å². The summed E-state index contributed by atoms with van der Waals surface area (Å²) in [5.41, 5.74) is 4.52. The minimum Gasteiger partial charge on any atom is -0.348 e. The minimum atomic E-state index is -0.0927. The average molecular weight is 420 g/mol. The molecule has 1 aromatic heterocycles. The van der Waals surface area contributed by atoms with Crippen LogP contribution in [0.25, 0.3) is 16.8 Å². The maximum atomic E-state index is 13.1. The molecule has 1 aliphatic heterocycles. The number of carbonyl (C=O) groups excluding carboxylic acids is 1. The van der Waals surface area contributed by atoms with Crippen molar-refractivity contribution < 1.29 is 4.79 Å². The normalized spacial score (nSPS) is 16.2. The molecule has 1 N–H and O–H groups in total. The minimum absolute atomic E-state index is 0.0513. The van der Waals surface area contributed by atoms with Crippen LogP contribution >= 0.6 is 0 Å². The van der Waals surface area contributed by atoms with Crippen LogP contribution in [0.15, 0.2) is 48.8 Å². The van der Waals surface area contributed by atoms with Crippen molar-refractivity contribution in [2.45, 2.75) is 19.9 Å². The van der Waals surface area contributed by atoms with Crippen LogP contribution in [-0.2, 0) is 0 Å². The van der Waals surface area contributed by atoms with Gasteiger partial charge in [-0.1, -0.05) is 29.8 Å². The number of rotatable bonds is 6. The molecule has 1 saturated heterocycles. The molecule has 0 spiro atoms. The summed E-state index contributed by atoms with van der Waals surface area (Å²) in [5, 5.41) is 14.6. The van der Waals surface area contributed by atoms with Crippen LogP contribution in [0.1, 0.15) is 22.8 Å². The molecule has 1 atom stereocenters. The second-order valence-corrected chi connectivity index (χ2v) is 8.37. The van der Waals surface area contributed by atoms with E-state index in [4.69, 9.17) is 0 Å². The van der Waals surface area contributed by atoms with Crippen molar-refractivity contribution in [3.63, 3.8) is 0 Å². The lowest BCUT2D eigenvalue weighted by atomic mass is 10.0. The van der Waals surface area contributed by atoms with E-state index in [2.05, 4.69) is 75.8 Å². The lowest BCUT2D eigenvalue weighted by molar-refractivity contribution is 0.0914. The number of piperazine rings is 1. The molecule has 0 aliphatic carbocycles. The monoisotopic (exact) mass is 419 g/mol. The Morgan fingerprint density at radius 3 is 2.48 bits per heavy atom. The molecule has 162 valence electrons. The van der Waals surface area contributed by atoms with Gasteiger partial charge in [-0.3, -0.25) is 9.69 Å². The standard InChI is InChI=1S/C23H29N7O/c1-17-4-6-19(7-5-17)20-12-21(14-22(13-20)30-16-24-26-27-30)23(31)25-18(2)15-29-10-8-28(3)9-11-29/h4-7,12-14,16,18H,8-11,15H2,1-3H3,(H,25,31)/t18-/m1/s1. The highest BCUT2D eigenvalue weighted by Crippen LogP contribution is 2.24. The van der Waals surface area contributed by atoms with Crippen molar-refractivity contribution in [3.05, 3.63) is 59.9 Å². The highest BCUT2D eigenvalue weighted by atomic mass is 16.1. The van der Waals surface area contributed by atoms with E-state index in [1.807, 2.05) is 18.2 Å². The molecule has 2 heterocycles. The first-order valence-corrected chi connectivity index (χ1v) is 10.7. The topological polar surface area (TPSA) is 79.2 Å². The van der Waals surface area contributed by atoms with Crippen molar-refractivity contribution >= 4 is 5.91 Å². The van der Waals surface area contributed by atoms with Gasteiger partial charge in [-0.2, -0.15) is 0 Å². The highest BCUT2D eigenvalue weighted by molar-refractivity contribution is 5.96. The maximum Gasteiger partial charge on any atom is 0.251 e. The number of likely N-dealkylation sites (N-methyl/N-ethyl adjacent to an activating group) is 1. The maximum absolute atomic E-state index is 13.1. The van der Waals surface area contributed by atoms with E-state index in [1.54, 1.807) is 4.68 Å². The lowest BCUT2D eigenvalue weighted by Crippen LogP contribution is -2.49. The number of benzene rings is 2. The third-order valence-electron chi connectivity index (χ3n) is 5.68. The van der Waals surface area contributed by atoms with Crippen LogP contribution < -0.4 is 5.32 Å². The summed E-state index contributed by atoms with van der Waals surface area (Å²) < 4.78 is 1.57. The third kappa shape index (κ3) is 5.34. The quantitative estimate of drug-likeness (QED) is 0.658. The molecule has 2 aromatic carbocycles. The second kappa shape index (κ2) is 9.36. The summed E-state index contributed by atoms with van der Waals surface area (Å²) >= 11 is 0. The van der Waals surface area contributed by atoms with Gasteiger partial charge in [-0.15, -0.1) is 5.10 Å². The van der Waals surface area contributed by atoms with Gasteiger partial charge in [0.25, 0.3) is 5.91 Å². The summed E-state index contributed by atoms with van der Waals surface area (Å²) in [4.78, 5) is 17.8. The SMILES string of the molecule is Cc1ccc(-c2cc(C(=O)N[C@H](C)CN3CCN(C)CC3)cc(-n3cnnn3)c2)cc1. The zero-order valence-corrected chi connectivity index (χ0v) is 18.3. The largest absolute Gasteiger partial charge is 0.348 e. The Bertz CT molecular complexity index is 1010. The second-order valence-electron chi connectivity index (χ2n) is 8.37. The Hall–Kier alpha value is -3.10. The van der Waals surface area contributed by atoms with Gasteiger partial charge >= 0.3 is 0 Å². The Morgan fingerprint density at radius 2 is 1.81 bits per heavy atom. The summed E-state index contributed by atoms with van der Waals surface area (Å²) in [5.74, 6) is -0.0927. The molecule has 0 radical (unpaired) electrons. The number of hydrogen-bond donors (Lipinski definition) is 1. The Labute approximate surface area is 182 Å². The first-order chi connectivity index (χ1) is 15.0. The molecule has 1 amide bonds. The smallest absolute Gasteiger partial charge is 0.251 e. The molecule has 4 rings (SSSR count). The van der Waals surface area contributed by atoms with E-state index in [9.17, 15) is 4.79 Å². The van der Waals surface area contributed by atoms with E-state index in [-0.39, 0.29) is 11.9 Å². The molecule has 1 aliphatic rings. The van der Waals surface area contributed by atoms with Crippen LogP contribution in [0, 0.1) is 6.92 Å². The van der Waals surface area contributed by atoms with Crippen molar-refractivity contribution in [3.8, 4) is 16.8 Å². The molecule has 0 unspecified atom stereocenters. The van der Waals surface area contributed by atoms with E-state index in [0.717, 1.165) is 49.5 Å². The van der Waals surface area contributed by atoms with Gasteiger partial charge in [-0.25, -0.2) is 4.68 Å². The number of hydrogen-bond acceptors (Lipinski definition) is 6. The molecule has 0 saturated carbocycles. The Kier molecular flexibility index (Phi) is 6.39. The van der Waals surface area contributed by atoms with Gasteiger partial charge in [0.2, 0.25) is 0 Å². The summed E-state index contributed by atoms with van der Waals surface area (Å²) in [7, 11) is 2.14. The van der Waals surface area contributed by atoms with Gasteiger partial charge in [-0.05, 0) is 60.6 Å². The summed E-state index contributed by atoms with van der Waals surface area (Å²) in [6.07, 6.45) is 1.53. The molecule has 0 bridgehead atoms. The van der Waals surface area contributed by atoms with Crippen LogP contribution in [0.5, 0.6) is 0 Å². The molecule has 1 fully saturated rings. The number of nitrogens with zero attached hydrogens (tertiary/aromatic N) is 6. The zero-order valence-electron chi connectivity index (χ0n) is 18.3. The Balaban J connectivity index is 1.54. The van der Waals surface area contributed by atoms with Crippen LogP contribution in [0.4, 0.5) is 0 Å². The van der Waals surface area contributed by atoms with E-state index >= 15 is 0 Å². The third-order valence-corrected chi connectivity index (χ3v) is 5.68. The number of amides is 1. The van der Waals surface area contributed by atoms with Crippen LogP contribution in [0.2, 0.25) is 0 Å². The van der Waals surface area contributed by atoms with Gasteiger partial charge in [0.05, 0.1) is 5.69 Å². The van der Waals surface area contributed by atoms with E-state index in [0.29, 0.717) is 5.56 Å². The first kappa shape index (κ1) is 21.1. The number of aromatic nitrogens is 4. The fourth-order valence-electron chi connectivity index (χ4n) is 3.84.